The van der Waals surface area contributed by atoms with Crippen molar-refractivity contribution in [3.8, 4) is 0 Å². The van der Waals surface area contributed by atoms with Crippen molar-refractivity contribution in [3.63, 3.8) is 0 Å². The molecule has 0 aliphatic heterocycles. The first-order valence-corrected chi connectivity index (χ1v) is 5.59. The zero-order valence-electron chi connectivity index (χ0n) is 8.82. The second-order valence-corrected chi connectivity index (χ2v) is 4.31. The van der Waals surface area contributed by atoms with Gasteiger partial charge in [0.1, 0.15) is 0 Å². The molecular formula is C12H17NO2. The maximum absolute atomic E-state index is 11.8. The summed E-state index contributed by atoms with van der Waals surface area (Å²) in [6.07, 6.45) is 6.60. The lowest BCUT2D eigenvalue weighted by Crippen LogP contribution is -2.34. The van der Waals surface area contributed by atoms with Gasteiger partial charge in [-0.1, -0.05) is 12.8 Å². The SMILES string of the molecule is NC1CCCCC1CC(=O)c1ccco1. The number of carbonyl (C=O) groups excluding carboxylic acids is 1. The van der Waals surface area contributed by atoms with Crippen LogP contribution in [-0.2, 0) is 0 Å². The maximum Gasteiger partial charge on any atom is 0.198 e. The van der Waals surface area contributed by atoms with Crippen molar-refractivity contribution >= 4 is 5.78 Å². The summed E-state index contributed by atoms with van der Waals surface area (Å²) in [4.78, 5) is 11.8. The van der Waals surface area contributed by atoms with E-state index in [4.69, 9.17) is 10.2 Å². The highest BCUT2D eigenvalue weighted by atomic mass is 16.3. The summed E-state index contributed by atoms with van der Waals surface area (Å²) in [5, 5.41) is 0. The molecule has 0 saturated heterocycles. The number of carbonyl (C=O) groups is 1. The number of ketones is 1. The van der Waals surface area contributed by atoms with Crippen LogP contribution in [-0.4, -0.2) is 11.8 Å². The Morgan fingerprint density at radius 2 is 2.27 bits per heavy atom. The van der Waals surface area contributed by atoms with Crippen molar-refractivity contribution in [2.45, 2.75) is 38.1 Å². The molecule has 1 aliphatic carbocycles. The molecule has 1 heterocycles. The van der Waals surface area contributed by atoms with Gasteiger partial charge in [-0.25, -0.2) is 0 Å². The van der Waals surface area contributed by atoms with Gasteiger partial charge in [-0.2, -0.15) is 0 Å². The summed E-state index contributed by atoms with van der Waals surface area (Å²) in [5.41, 5.74) is 6.00. The quantitative estimate of drug-likeness (QED) is 0.774. The molecule has 2 rings (SSSR count). The largest absolute Gasteiger partial charge is 0.461 e. The highest BCUT2D eigenvalue weighted by Gasteiger charge is 2.25. The Morgan fingerprint density at radius 1 is 1.47 bits per heavy atom. The summed E-state index contributed by atoms with van der Waals surface area (Å²) in [6.45, 7) is 0. The molecule has 0 spiro atoms. The lowest BCUT2D eigenvalue weighted by molar-refractivity contribution is 0.0915. The van der Waals surface area contributed by atoms with E-state index < -0.39 is 0 Å². The summed E-state index contributed by atoms with van der Waals surface area (Å²) >= 11 is 0. The van der Waals surface area contributed by atoms with Crippen LogP contribution >= 0.6 is 0 Å². The smallest absolute Gasteiger partial charge is 0.198 e. The van der Waals surface area contributed by atoms with Crippen LogP contribution in [0.3, 0.4) is 0 Å². The van der Waals surface area contributed by atoms with E-state index >= 15 is 0 Å². The fourth-order valence-electron chi connectivity index (χ4n) is 2.27. The van der Waals surface area contributed by atoms with Crippen LogP contribution in [0, 0.1) is 5.92 Å². The van der Waals surface area contributed by atoms with Gasteiger partial charge in [0, 0.05) is 12.5 Å². The van der Waals surface area contributed by atoms with E-state index in [2.05, 4.69) is 0 Å². The molecule has 2 N–H and O–H groups in total. The van der Waals surface area contributed by atoms with E-state index in [1.807, 2.05) is 0 Å². The summed E-state index contributed by atoms with van der Waals surface area (Å²) in [6, 6.07) is 3.66. The Bertz CT molecular complexity index is 318. The predicted molar refractivity (Wildman–Crippen MR) is 57.6 cm³/mol. The second-order valence-electron chi connectivity index (χ2n) is 4.31. The topological polar surface area (TPSA) is 56.2 Å². The van der Waals surface area contributed by atoms with Crippen LogP contribution in [0.15, 0.2) is 22.8 Å². The molecule has 2 unspecified atom stereocenters. The molecule has 1 aliphatic rings. The zero-order valence-corrected chi connectivity index (χ0v) is 8.82. The first-order valence-electron chi connectivity index (χ1n) is 5.59. The number of Topliss-reactive ketones (excluding diaryl/α,β-unsaturated/α-hetero) is 1. The molecule has 15 heavy (non-hydrogen) atoms. The number of furan rings is 1. The van der Waals surface area contributed by atoms with Gasteiger partial charge in [-0.15, -0.1) is 0 Å². The van der Waals surface area contributed by atoms with Crippen molar-refractivity contribution < 1.29 is 9.21 Å². The van der Waals surface area contributed by atoms with Crippen LogP contribution in [0.5, 0.6) is 0 Å². The lowest BCUT2D eigenvalue weighted by Gasteiger charge is -2.27. The normalized spacial score (nSPS) is 26.5. The van der Waals surface area contributed by atoms with Crippen LogP contribution in [0.25, 0.3) is 0 Å². The van der Waals surface area contributed by atoms with Crippen molar-refractivity contribution in [2.75, 3.05) is 0 Å². The Hall–Kier alpha value is -1.09. The minimum Gasteiger partial charge on any atom is -0.461 e. The average Bonchev–Trinajstić information content (AvgIpc) is 2.74. The van der Waals surface area contributed by atoms with E-state index in [9.17, 15) is 4.79 Å². The highest BCUT2D eigenvalue weighted by Crippen LogP contribution is 2.26. The molecule has 1 aromatic heterocycles. The van der Waals surface area contributed by atoms with E-state index in [0.29, 0.717) is 18.1 Å². The molecule has 0 radical (unpaired) electrons. The summed E-state index contributed by atoms with van der Waals surface area (Å²) in [5.74, 6) is 0.895. The molecule has 2 atom stereocenters. The Kier molecular flexibility index (Phi) is 3.21. The minimum absolute atomic E-state index is 0.0855. The molecule has 3 heteroatoms. The molecule has 0 bridgehead atoms. The Labute approximate surface area is 89.6 Å². The molecule has 0 amide bonds. The fraction of sp³-hybridized carbons (Fsp3) is 0.583. The molecule has 1 saturated carbocycles. The summed E-state index contributed by atoms with van der Waals surface area (Å²) < 4.78 is 5.08. The van der Waals surface area contributed by atoms with Gasteiger partial charge < -0.3 is 10.2 Å². The van der Waals surface area contributed by atoms with Gasteiger partial charge in [-0.05, 0) is 30.9 Å². The zero-order chi connectivity index (χ0) is 10.7. The standard InChI is InChI=1S/C12H17NO2/c13-10-5-2-1-4-9(10)8-11(14)12-6-3-7-15-12/h3,6-7,9-10H,1-2,4-5,8,13H2. The number of hydrogen-bond donors (Lipinski definition) is 1. The van der Waals surface area contributed by atoms with E-state index in [0.717, 1.165) is 12.8 Å². The highest BCUT2D eigenvalue weighted by molar-refractivity contribution is 5.93. The average molecular weight is 207 g/mol. The third-order valence-electron chi connectivity index (χ3n) is 3.21. The number of hydrogen-bond acceptors (Lipinski definition) is 3. The van der Waals surface area contributed by atoms with Crippen molar-refractivity contribution in [1.29, 1.82) is 0 Å². The lowest BCUT2D eigenvalue weighted by atomic mass is 9.82. The van der Waals surface area contributed by atoms with E-state index in [1.165, 1.54) is 19.1 Å². The van der Waals surface area contributed by atoms with Gasteiger partial charge in [0.2, 0.25) is 0 Å². The first-order chi connectivity index (χ1) is 7.27. The van der Waals surface area contributed by atoms with Crippen molar-refractivity contribution in [1.82, 2.24) is 0 Å². The maximum atomic E-state index is 11.8. The Morgan fingerprint density at radius 3 is 2.93 bits per heavy atom. The molecule has 1 fully saturated rings. The van der Waals surface area contributed by atoms with Gasteiger partial charge in [0.05, 0.1) is 6.26 Å². The molecule has 82 valence electrons. The summed E-state index contributed by atoms with van der Waals surface area (Å²) in [7, 11) is 0. The van der Waals surface area contributed by atoms with Gasteiger partial charge in [-0.3, -0.25) is 4.79 Å². The van der Waals surface area contributed by atoms with E-state index in [1.54, 1.807) is 12.1 Å². The monoisotopic (exact) mass is 207 g/mol. The van der Waals surface area contributed by atoms with E-state index in [-0.39, 0.29) is 11.8 Å². The van der Waals surface area contributed by atoms with Crippen molar-refractivity contribution in [3.05, 3.63) is 24.2 Å². The van der Waals surface area contributed by atoms with Gasteiger partial charge in [0.25, 0.3) is 0 Å². The first kappa shape index (κ1) is 10.4. The van der Waals surface area contributed by atoms with Crippen LogP contribution in [0.1, 0.15) is 42.7 Å². The molecular weight excluding hydrogens is 190 g/mol. The second kappa shape index (κ2) is 4.62. The Balaban J connectivity index is 1.93. The molecule has 1 aromatic rings. The molecule has 3 nitrogen and oxygen atoms in total. The van der Waals surface area contributed by atoms with Crippen LogP contribution < -0.4 is 5.73 Å². The molecule has 0 aromatic carbocycles. The van der Waals surface area contributed by atoms with Gasteiger partial charge in [0.15, 0.2) is 11.5 Å². The van der Waals surface area contributed by atoms with Gasteiger partial charge >= 0.3 is 0 Å². The van der Waals surface area contributed by atoms with Crippen molar-refractivity contribution in [2.24, 2.45) is 11.7 Å². The predicted octanol–water partition coefficient (Wildman–Crippen LogP) is 2.37. The van der Waals surface area contributed by atoms with Crippen LogP contribution in [0.4, 0.5) is 0 Å². The number of nitrogens with two attached hydrogens (primary N) is 1. The third kappa shape index (κ3) is 2.48. The van der Waals surface area contributed by atoms with Crippen LogP contribution in [0.2, 0.25) is 0 Å². The fourth-order valence-corrected chi connectivity index (χ4v) is 2.27. The third-order valence-corrected chi connectivity index (χ3v) is 3.21. The minimum atomic E-state index is 0.0855. The number of rotatable bonds is 3.